The van der Waals surface area contributed by atoms with Gasteiger partial charge in [-0.2, -0.15) is 4.31 Å². The molecule has 1 aromatic rings. The number of aryl methyl sites for hydroxylation is 2. The minimum absolute atomic E-state index is 0.0238. The van der Waals surface area contributed by atoms with Crippen LogP contribution in [0, 0.1) is 19.8 Å². The third kappa shape index (κ3) is 4.36. The molecule has 1 N–H and O–H groups in total. The summed E-state index contributed by atoms with van der Waals surface area (Å²) in [5.41, 5.74) is 1.67. The predicted molar refractivity (Wildman–Crippen MR) is 95.3 cm³/mol. The second kappa shape index (κ2) is 8.12. The van der Waals surface area contributed by atoms with Crippen molar-refractivity contribution in [3.63, 3.8) is 0 Å². The summed E-state index contributed by atoms with van der Waals surface area (Å²) in [6, 6.07) is 5.46. The van der Waals surface area contributed by atoms with Crippen molar-refractivity contribution in [3.05, 3.63) is 29.3 Å². The third-order valence-electron chi connectivity index (χ3n) is 4.55. The summed E-state index contributed by atoms with van der Waals surface area (Å²) in [5.74, 6) is -0.278. The van der Waals surface area contributed by atoms with E-state index in [9.17, 15) is 13.2 Å². The SMILES string of the molecule is CCCCNC(=O)C1CCCN(S(=O)(=O)c2cc(C)ccc2C)C1. The first-order valence-corrected chi connectivity index (χ1v) is 10.2. The molecule has 1 aliphatic heterocycles. The van der Waals surface area contributed by atoms with Crippen molar-refractivity contribution in [3.8, 4) is 0 Å². The molecule has 134 valence electrons. The second-order valence-electron chi connectivity index (χ2n) is 6.62. The third-order valence-corrected chi connectivity index (χ3v) is 6.55. The Balaban J connectivity index is 2.13. The molecule has 1 atom stereocenters. The fourth-order valence-electron chi connectivity index (χ4n) is 3.03. The van der Waals surface area contributed by atoms with Gasteiger partial charge in [-0.25, -0.2) is 8.42 Å². The number of nitrogens with one attached hydrogen (secondary N) is 1. The number of carbonyl (C=O) groups excluding carboxylic acids is 1. The molecule has 5 nitrogen and oxygen atoms in total. The molecule has 2 rings (SSSR count). The van der Waals surface area contributed by atoms with E-state index in [2.05, 4.69) is 12.2 Å². The van der Waals surface area contributed by atoms with Gasteiger partial charge in [-0.3, -0.25) is 4.79 Å². The molecule has 6 heteroatoms. The van der Waals surface area contributed by atoms with Gasteiger partial charge in [0.15, 0.2) is 0 Å². The molecule has 1 unspecified atom stereocenters. The van der Waals surface area contributed by atoms with Crippen LogP contribution >= 0.6 is 0 Å². The van der Waals surface area contributed by atoms with Crippen molar-refractivity contribution >= 4 is 15.9 Å². The molecule has 1 aromatic carbocycles. The van der Waals surface area contributed by atoms with Crippen molar-refractivity contribution in [1.29, 1.82) is 0 Å². The monoisotopic (exact) mass is 352 g/mol. The summed E-state index contributed by atoms with van der Waals surface area (Å²) in [6.45, 7) is 7.19. The maximum absolute atomic E-state index is 13.0. The van der Waals surface area contributed by atoms with Gasteiger partial charge in [0.1, 0.15) is 0 Å². The Morgan fingerprint density at radius 2 is 2.08 bits per heavy atom. The van der Waals surface area contributed by atoms with Gasteiger partial charge >= 0.3 is 0 Å². The van der Waals surface area contributed by atoms with Crippen LogP contribution in [0.15, 0.2) is 23.1 Å². The minimum atomic E-state index is -3.55. The highest BCUT2D eigenvalue weighted by Gasteiger charge is 2.33. The Bertz CT molecular complexity index is 686. The van der Waals surface area contributed by atoms with Gasteiger partial charge in [0.05, 0.1) is 10.8 Å². The van der Waals surface area contributed by atoms with Crippen LogP contribution in [0.4, 0.5) is 0 Å². The normalized spacial score (nSPS) is 19.2. The summed E-state index contributed by atoms with van der Waals surface area (Å²) in [5, 5.41) is 2.93. The van der Waals surface area contributed by atoms with Crippen LogP contribution in [-0.2, 0) is 14.8 Å². The number of rotatable bonds is 6. The highest BCUT2D eigenvalue weighted by atomic mass is 32.2. The lowest BCUT2D eigenvalue weighted by atomic mass is 9.99. The molecular formula is C18H28N2O3S. The highest BCUT2D eigenvalue weighted by molar-refractivity contribution is 7.89. The molecule has 1 amide bonds. The summed E-state index contributed by atoms with van der Waals surface area (Å²) < 4.78 is 27.4. The van der Waals surface area contributed by atoms with E-state index >= 15 is 0 Å². The van der Waals surface area contributed by atoms with E-state index in [1.54, 1.807) is 6.07 Å². The van der Waals surface area contributed by atoms with Crippen molar-refractivity contribution in [2.24, 2.45) is 5.92 Å². The van der Waals surface area contributed by atoms with Gasteiger partial charge in [-0.15, -0.1) is 0 Å². The van der Waals surface area contributed by atoms with E-state index in [4.69, 9.17) is 0 Å². The molecule has 1 aliphatic rings. The lowest BCUT2D eigenvalue weighted by molar-refractivity contribution is -0.126. The van der Waals surface area contributed by atoms with Crippen LogP contribution in [-0.4, -0.2) is 38.3 Å². The van der Waals surface area contributed by atoms with Gasteiger partial charge in [-0.05, 0) is 50.3 Å². The molecule has 24 heavy (non-hydrogen) atoms. The van der Waals surface area contributed by atoms with Crippen molar-refractivity contribution in [2.45, 2.75) is 51.3 Å². The van der Waals surface area contributed by atoms with Crippen LogP contribution in [0.3, 0.4) is 0 Å². The minimum Gasteiger partial charge on any atom is -0.356 e. The van der Waals surface area contributed by atoms with Crippen molar-refractivity contribution in [1.82, 2.24) is 9.62 Å². The first-order chi connectivity index (χ1) is 11.4. The first-order valence-electron chi connectivity index (χ1n) is 8.71. The summed E-state index contributed by atoms with van der Waals surface area (Å²) >= 11 is 0. The van der Waals surface area contributed by atoms with Crippen LogP contribution in [0.1, 0.15) is 43.7 Å². The Morgan fingerprint density at radius 1 is 1.33 bits per heavy atom. The lowest BCUT2D eigenvalue weighted by Gasteiger charge is -2.31. The fourth-order valence-corrected chi connectivity index (χ4v) is 4.87. The number of piperidine rings is 1. The van der Waals surface area contributed by atoms with Gasteiger partial charge in [-0.1, -0.05) is 25.5 Å². The van der Waals surface area contributed by atoms with Crippen molar-refractivity contribution in [2.75, 3.05) is 19.6 Å². The van der Waals surface area contributed by atoms with Crippen LogP contribution in [0.2, 0.25) is 0 Å². The average molecular weight is 353 g/mol. The number of carbonyl (C=O) groups is 1. The topological polar surface area (TPSA) is 66.5 Å². The maximum atomic E-state index is 13.0. The Labute approximate surface area is 145 Å². The fraction of sp³-hybridized carbons (Fsp3) is 0.611. The van der Waals surface area contributed by atoms with Gasteiger partial charge in [0, 0.05) is 19.6 Å². The first kappa shape index (κ1) is 18.9. The number of hydrogen-bond donors (Lipinski definition) is 1. The molecule has 0 aliphatic carbocycles. The van der Waals surface area contributed by atoms with Gasteiger partial charge < -0.3 is 5.32 Å². The molecule has 0 saturated carbocycles. The number of nitrogens with zero attached hydrogens (tertiary/aromatic N) is 1. The molecular weight excluding hydrogens is 324 g/mol. The maximum Gasteiger partial charge on any atom is 0.243 e. The van der Waals surface area contributed by atoms with E-state index in [-0.39, 0.29) is 18.4 Å². The summed E-state index contributed by atoms with van der Waals surface area (Å²) in [6.07, 6.45) is 3.44. The zero-order chi connectivity index (χ0) is 17.7. The zero-order valence-electron chi connectivity index (χ0n) is 14.8. The van der Waals surface area contributed by atoms with E-state index in [1.807, 2.05) is 26.0 Å². The van der Waals surface area contributed by atoms with Crippen LogP contribution < -0.4 is 5.32 Å². The lowest BCUT2D eigenvalue weighted by Crippen LogP contribution is -2.45. The Hall–Kier alpha value is -1.40. The number of sulfonamides is 1. The van der Waals surface area contributed by atoms with Crippen molar-refractivity contribution < 1.29 is 13.2 Å². The van der Waals surface area contributed by atoms with Gasteiger partial charge in [0.25, 0.3) is 0 Å². The van der Waals surface area contributed by atoms with Gasteiger partial charge in [0.2, 0.25) is 15.9 Å². The highest BCUT2D eigenvalue weighted by Crippen LogP contribution is 2.26. The van der Waals surface area contributed by atoms with E-state index in [0.29, 0.717) is 18.0 Å². The zero-order valence-corrected chi connectivity index (χ0v) is 15.7. The largest absolute Gasteiger partial charge is 0.356 e. The number of amides is 1. The van der Waals surface area contributed by atoms with Crippen LogP contribution in [0.5, 0.6) is 0 Å². The summed E-state index contributed by atoms with van der Waals surface area (Å²) in [4.78, 5) is 12.6. The second-order valence-corrected chi connectivity index (χ2v) is 8.52. The quantitative estimate of drug-likeness (QED) is 0.800. The Kier molecular flexibility index (Phi) is 6.40. The molecule has 0 radical (unpaired) electrons. The standard InChI is InChI=1S/C18H28N2O3S/c1-4-5-10-19-18(21)16-7-6-11-20(13-16)24(22,23)17-12-14(2)8-9-15(17)3/h8-9,12,16H,4-7,10-11,13H2,1-3H3,(H,19,21). The molecule has 0 aromatic heterocycles. The number of benzene rings is 1. The Morgan fingerprint density at radius 3 is 2.79 bits per heavy atom. The van der Waals surface area contributed by atoms with Crippen LogP contribution in [0.25, 0.3) is 0 Å². The summed E-state index contributed by atoms with van der Waals surface area (Å²) in [7, 11) is -3.55. The van der Waals surface area contributed by atoms with E-state index in [0.717, 1.165) is 36.8 Å². The van der Waals surface area contributed by atoms with E-state index < -0.39 is 10.0 Å². The molecule has 1 fully saturated rings. The van der Waals surface area contributed by atoms with E-state index in [1.165, 1.54) is 4.31 Å². The molecule has 0 bridgehead atoms. The number of hydrogen-bond acceptors (Lipinski definition) is 3. The number of unbranched alkanes of at least 4 members (excludes halogenated alkanes) is 1. The molecule has 0 spiro atoms. The predicted octanol–water partition coefficient (Wildman–Crippen LogP) is 2.62. The smallest absolute Gasteiger partial charge is 0.243 e. The molecule has 1 heterocycles. The molecule has 1 saturated heterocycles. The average Bonchev–Trinajstić information content (AvgIpc) is 2.57.